The van der Waals surface area contributed by atoms with Crippen molar-refractivity contribution in [2.45, 2.75) is 78.3 Å². The summed E-state index contributed by atoms with van der Waals surface area (Å²) in [4.78, 5) is 2.72. The minimum absolute atomic E-state index is 0.731. The summed E-state index contributed by atoms with van der Waals surface area (Å²) >= 11 is 0. The second kappa shape index (κ2) is 8.92. The van der Waals surface area contributed by atoms with Gasteiger partial charge in [0, 0.05) is 25.2 Å². The van der Waals surface area contributed by atoms with Crippen LogP contribution >= 0.6 is 0 Å². The van der Waals surface area contributed by atoms with Gasteiger partial charge in [-0.2, -0.15) is 0 Å². The lowest BCUT2D eigenvalue weighted by Crippen LogP contribution is -2.52. The van der Waals surface area contributed by atoms with Gasteiger partial charge in [0.1, 0.15) is 0 Å². The molecule has 0 amide bonds. The van der Waals surface area contributed by atoms with E-state index in [2.05, 4.69) is 37.9 Å². The van der Waals surface area contributed by atoms with Crippen LogP contribution in [-0.2, 0) is 0 Å². The average molecular weight is 254 g/mol. The van der Waals surface area contributed by atoms with Gasteiger partial charge in [0.05, 0.1) is 0 Å². The Labute approximate surface area is 115 Å². The van der Waals surface area contributed by atoms with Crippen molar-refractivity contribution in [2.75, 3.05) is 19.6 Å². The van der Waals surface area contributed by atoms with Gasteiger partial charge in [-0.15, -0.1) is 0 Å². The standard InChI is InChI=1S/C16H34N2/c1-5-8-9-15-11-16(17-10-6-2)13-18(12-15)14(4)7-3/h14-17H,5-13H2,1-4H3. The minimum Gasteiger partial charge on any atom is -0.313 e. The minimum atomic E-state index is 0.731. The number of hydrogen-bond donors (Lipinski definition) is 1. The van der Waals surface area contributed by atoms with E-state index < -0.39 is 0 Å². The summed E-state index contributed by atoms with van der Waals surface area (Å²) in [5, 5.41) is 3.74. The van der Waals surface area contributed by atoms with Crippen LogP contribution < -0.4 is 5.32 Å². The van der Waals surface area contributed by atoms with Crippen molar-refractivity contribution < 1.29 is 0 Å². The number of likely N-dealkylation sites (tertiary alicyclic amines) is 1. The van der Waals surface area contributed by atoms with E-state index in [0.717, 1.165) is 18.0 Å². The van der Waals surface area contributed by atoms with E-state index in [1.165, 1.54) is 58.2 Å². The zero-order valence-corrected chi connectivity index (χ0v) is 13.0. The third-order valence-electron chi connectivity index (χ3n) is 4.43. The van der Waals surface area contributed by atoms with E-state index in [0.29, 0.717) is 0 Å². The molecule has 1 fully saturated rings. The number of piperidine rings is 1. The maximum Gasteiger partial charge on any atom is 0.0198 e. The third kappa shape index (κ3) is 5.27. The molecule has 3 unspecified atom stereocenters. The highest BCUT2D eigenvalue weighted by Crippen LogP contribution is 2.24. The number of hydrogen-bond acceptors (Lipinski definition) is 2. The average Bonchev–Trinajstić information content (AvgIpc) is 2.41. The first-order valence-corrected chi connectivity index (χ1v) is 8.18. The summed E-state index contributed by atoms with van der Waals surface area (Å²) in [6, 6.07) is 1.48. The molecule has 0 bridgehead atoms. The molecule has 108 valence electrons. The van der Waals surface area contributed by atoms with E-state index in [1.54, 1.807) is 0 Å². The van der Waals surface area contributed by atoms with Gasteiger partial charge in [-0.05, 0) is 45.1 Å². The molecular formula is C16H34N2. The molecule has 2 nitrogen and oxygen atoms in total. The van der Waals surface area contributed by atoms with Crippen LogP contribution in [0.2, 0.25) is 0 Å². The van der Waals surface area contributed by atoms with Crippen LogP contribution in [-0.4, -0.2) is 36.6 Å². The maximum atomic E-state index is 3.74. The molecule has 0 aromatic rings. The molecule has 1 aliphatic rings. The van der Waals surface area contributed by atoms with Gasteiger partial charge in [0.2, 0.25) is 0 Å². The molecule has 0 aromatic heterocycles. The Bertz CT molecular complexity index is 189. The first kappa shape index (κ1) is 16.0. The van der Waals surface area contributed by atoms with Crippen molar-refractivity contribution in [2.24, 2.45) is 5.92 Å². The fourth-order valence-corrected chi connectivity index (χ4v) is 3.06. The highest BCUT2D eigenvalue weighted by atomic mass is 15.2. The Morgan fingerprint density at radius 3 is 2.56 bits per heavy atom. The zero-order valence-electron chi connectivity index (χ0n) is 13.0. The predicted octanol–water partition coefficient (Wildman–Crippen LogP) is 3.67. The lowest BCUT2D eigenvalue weighted by molar-refractivity contribution is 0.0976. The van der Waals surface area contributed by atoms with Crippen LogP contribution in [0.4, 0.5) is 0 Å². The molecular weight excluding hydrogens is 220 g/mol. The predicted molar refractivity (Wildman–Crippen MR) is 81.0 cm³/mol. The molecule has 2 heteroatoms. The largest absolute Gasteiger partial charge is 0.313 e. The highest BCUT2D eigenvalue weighted by molar-refractivity contribution is 4.85. The van der Waals surface area contributed by atoms with E-state index in [1.807, 2.05) is 0 Å². The fraction of sp³-hybridized carbons (Fsp3) is 1.00. The summed E-state index contributed by atoms with van der Waals surface area (Å²) in [6.07, 6.45) is 8.09. The van der Waals surface area contributed by atoms with Crippen molar-refractivity contribution in [3.8, 4) is 0 Å². The second-order valence-electron chi connectivity index (χ2n) is 6.11. The van der Waals surface area contributed by atoms with Crippen LogP contribution in [0.1, 0.15) is 66.2 Å². The molecule has 1 N–H and O–H groups in total. The summed E-state index contributed by atoms with van der Waals surface area (Å²) in [5.41, 5.74) is 0. The van der Waals surface area contributed by atoms with E-state index in [4.69, 9.17) is 0 Å². The Morgan fingerprint density at radius 2 is 1.94 bits per heavy atom. The molecule has 0 saturated carbocycles. The highest BCUT2D eigenvalue weighted by Gasteiger charge is 2.28. The maximum absolute atomic E-state index is 3.74. The molecule has 1 rings (SSSR count). The number of unbranched alkanes of at least 4 members (excludes halogenated alkanes) is 1. The molecule has 0 aliphatic carbocycles. The Kier molecular flexibility index (Phi) is 7.92. The van der Waals surface area contributed by atoms with Crippen LogP contribution in [0.25, 0.3) is 0 Å². The molecule has 18 heavy (non-hydrogen) atoms. The van der Waals surface area contributed by atoms with Gasteiger partial charge in [-0.1, -0.05) is 33.6 Å². The molecule has 0 spiro atoms. The Morgan fingerprint density at radius 1 is 1.17 bits per heavy atom. The Balaban J connectivity index is 2.48. The van der Waals surface area contributed by atoms with Gasteiger partial charge in [0.15, 0.2) is 0 Å². The molecule has 0 aromatic carbocycles. The van der Waals surface area contributed by atoms with E-state index in [-0.39, 0.29) is 0 Å². The summed E-state index contributed by atoms with van der Waals surface area (Å²) < 4.78 is 0. The van der Waals surface area contributed by atoms with Crippen LogP contribution in [0.15, 0.2) is 0 Å². The van der Waals surface area contributed by atoms with Crippen molar-refractivity contribution >= 4 is 0 Å². The van der Waals surface area contributed by atoms with Crippen molar-refractivity contribution in [3.63, 3.8) is 0 Å². The van der Waals surface area contributed by atoms with Gasteiger partial charge in [0.25, 0.3) is 0 Å². The lowest BCUT2D eigenvalue weighted by atomic mass is 9.89. The van der Waals surface area contributed by atoms with Crippen molar-refractivity contribution in [1.82, 2.24) is 10.2 Å². The Hall–Kier alpha value is -0.0800. The van der Waals surface area contributed by atoms with Gasteiger partial charge in [-0.3, -0.25) is 4.90 Å². The SMILES string of the molecule is CCCCC1CC(NCCC)CN(C(C)CC)C1. The number of nitrogens with zero attached hydrogens (tertiary/aromatic N) is 1. The summed E-state index contributed by atoms with van der Waals surface area (Å²) in [5.74, 6) is 0.919. The van der Waals surface area contributed by atoms with E-state index >= 15 is 0 Å². The zero-order chi connectivity index (χ0) is 13.4. The summed E-state index contributed by atoms with van der Waals surface area (Å²) in [6.45, 7) is 13.0. The van der Waals surface area contributed by atoms with Gasteiger partial charge >= 0.3 is 0 Å². The quantitative estimate of drug-likeness (QED) is 0.711. The van der Waals surface area contributed by atoms with Crippen LogP contribution in [0.3, 0.4) is 0 Å². The molecule has 1 saturated heterocycles. The first-order valence-electron chi connectivity index (χ1n) is 8.18. The van der Waals surface area contributed by atoms with Crippen LogP contribution in [0, 0.1) is 5.92 Å². The monoisotopic (exact) mass is 254 g/mol. The van der Waals surface area contributed by atoms with Crippen LogP contribution in [0.5, 0.6) is 0 Å². The fourth-order valence-electron chi connectivity index (χ4n) is 3.06. The number of nitrogens with one attached hydrogen (secondary N) is 1. The smallest absolute Gasteiger partial charge is 0.0198 e. The lowest BCUT2D eigenvalue weighted by Gasteiger charge is -2.41. The van der Waals surface area contributed by atoms with Gasteiger partial charge in [-0.25, -0.2) is 0 Å². The third-order valence-corrected chi connectivity index (χ3v) is 4.43. The molecule has 3 atom stereocenters. The first-order chi connectivity index (χ1) is 8.71. The van der Waals surface area contributed by atoms with E-state index in [9.17, 15) is 0 Å². The normalized spacial score (nSPS) is 27.3. The molecule has 0 radical (unpaired) electrons. The number of rotatable bonds is 8. The van der Waals surface area contributed by atoms with Crippen molar-refractivity contribution in [1.29, 1.82) is 0 Å². The molecule has 1 aliphatic heterocycles. The summed E-state index contributed by atoms with van der Waals surface area (Å²) in [7, 11) is 0. The topological polar surface area (TPSA) is 15.3 Å². The van der Waals surface area contributed by atoms with Gasteiger partial charge < -0.3 is 5.32 Å². The van der Waals surface area contributed by atoms with Crippen molar-refractivity contribution in [3.05, 3.63) is 0 Å². The second-order valence-corrected chi connectivity index (χ2v) is 6.11. The molecule has 1 heterocycles.